The van der Waals surface area contributed by atoms with Crippen molar-refractivity contribution in [1.82, 2.24) is 24.1 Å². The zero-order valence-corrected chi connectivity index (χ0v) is 15.9. The van der Waals surface area contributed by atoms with Crippen molar-refractivity contribution >= 4 is 15.8 Å². The largest absolute Gasteiger partial charge is 0.369 e. The highest BCUT2D eigenvalue weighted by molar-refractivity contribution is 7.88. The van der Waals surface area contributed by atoms with E-state index in [9.17, 15) is 13.7 Å². The van der Waals surface area contributed by atoms with Gasteiger partial charge in [-0.05, 0) is 18.8 Å². The van der Waals surface area contributed by atoms with Crippen LogP contribution >= 0.6 is 0 Å². The van der Waals surface area contributed by atoms with Crippen LogP contribution in [-0.4, -0.2) is 58.4 Å². The van der Waals surface area contributed by atoms with E-state index in [0.717, 1.165) is 42.0 Å². The zero-order valence-electron chi connectivity index (χ0n) is 15.0. The maximum absolute atomic E-state index is 11.8. The van der Waals surface area contributed by atoms with E-state index in [1.165, 1.54) is 16.9 Å². The fraction of sp³-hybridized carbons (Fsp3) is 0.529. The highest BCUT2D eigenvalue weighted by Gasteiger charge is 2.35. The molecule has 2 aliphatic heterocycles. The van der Waals surface area contributed by atoms with Crippen LogP contribution in [0.2, 0.25) is 0 Å². The Morgan fingerprint density at radius 3 is 3.04 bits per heavy atom. The fourth-order valence-electron chi connectivity index (χ4n) is 3.94. The first kappa shape index (κ1) is 17.9. The van der Waals surface area contributed by atoms with E-state index in [-0.39, 0.29) is 18.4 Å². The fourth-order valence-corrected chi connectivity index (χ4v) is 4.84. The summed E-state index contributed by atoms with van der Waals surface area (Å²) in [7, 11) is -3.21. The molecular weight excluding hydrogens is 366 g/mol. The minimum Gasteiger partial charge on any atom is -0.369 e. The molecule has 0 bridgehead atoms. The standard InChI is InChI=1S/C17H21N7O2S/c1-27(25,26)23-7-4-12(9-23)15(2-5-18)24-10-13(8-22-24)16-14-3-6-19-17(14)21-11-20-16/h8,10-12,15H,2-4,6-7,9H2,1H3,(H,19,20,21). The summed E-state index contributed by atoms with van der Waals surface area (Å²) in [5, 5.41) is 17.0. The van der Waals surface area contributed by atoms with Crippen LogP contribution in [0.4, 0.5) is 5.82 Å². The topological polar surface area (TPSA) is 117 Å². The predicted molar refractivity (Wildman–Crippen MR) is 99.2 cm³/mol. The number of sulfonamides is 1. The Kier molecular flexibility index (Phi) is 4.57. The van der Waals surface area contributed by atoms with Crippen LogP contribution in [0.5, 0.6) is 0 Å². The molecule has 27 heavy (non-hydrogen) atoms. The first-order valence-corrected chi connectivity index (χ1v) is 10.8. The Labute approximate surface area is 158 Å². The van der Waals surface area contributed by atoms with E-state index in [2.05, 4.69) is 26.5 Å². The summed E-state index contributed by atoms with van der Waals surface area (Å²) in [6.45, 7) is 1.76. The van der Waals surface area contributed by atoms with Gasteiger partial charge in [0.15, 0.2) is 0 Å². The van der Waals surface area contributed by atoms with Crippen molar-refractivity contribution in [2.24, 2.45) is 5.92 Å². The molecule has 142 valence electrons. The van der Waals surface area contributed by atoms with Crippen molar-refractivity contribution in [1.29, 1.82) is 5.26 Å². The number of aromatic nitrogens is 4. The van der Waals surface area contributed by atoms with Crippen LogP contribution in [-0.2, 0) is 16.4 Å². The molecule has 2 aromatic heterocycles. The van der Waals surface area contributed by atoms with Crippen molar-refractivity contribution < 1.29 is 8.42 Å². The molecule has 4 heterocycles. The molecule has 4 rings (SSSR count). The Morgan fingerprint density at radius 1 is 1.44 bits per heavy atom. The number of nitriles is 1. The number of hydrogen-bond acceptors (Lipinski definition) is 7. The van der Waals surface area contributed by atoms with E-state index in [1.54, 1.807) is 10.9 Å². The van der Waals surface area contributed by atoms with E-state index in [0.29, 0.717) is 13.1 Å². The molecule has 2 aromatic rings. The van der Waals surface area contributed by atoms with E-state index in [1.807, 2.05) is 6.20 Å². The maximum Gasteiger partial charge on any atom is 0.211 e. The second kappa shape index (κ2) is 6.90. The van der Waals surface area contributed by atoms with Crippen LogP contribution in [0.15, 0.2) is 18.7 Å². The van der Waals surface area contributed by atoms with Gasteiger partial charge >= 0.3 is 0 Å². The summed E-state index contributed by atoms with van der Waals surface area (Å²) in [4.78, 5) is 8.68. The first-order chi connectivity index (χ1) is 13.0. The van der Waals surface area contributed by atoms with Gasteiger partial charge in [-0.15, -0.1) is 0 Å². The van der Waals surface area contributed by atoms with Gasteiger partial charge in [-0.25, -0.2) is 22.7 Å². The van der Waals surface area contributed by atoms with Gasteiger partial charge in [0.25, 0.3) is 0 Å². The predicted octanol–water partition coefficient (Wildman–Crippen LogP) is 1.04. The Hall–Kier alpha value is -2.51. The molecule has 2 atom stereocenters. The molecule has 1 N–H and O–H groups in total. The van der Waals surface area contributed by atoms with E-state index >= 15 is 0 Å². The summed E-state index contributed by atoms with van der Waals surface area (Å²) in [6, 6.07) is 2.06. The van der Waals surface area contributed by atoms with Gasteiger partial charge in [0.05, 0.1) is 36.7 Å². The minimum atomic E-state index is -3.21. The van der Waals surface area contributed by atoms with E-state index in [4.69, 9.17) is 0 Å². The third kappa shape index (κ3) is 3.40. The third-order valence-electron chi connectivity index (χ3n) is 5.33. The lowest BCUT2D eigenvalue weighted by Crippen LogP contribution is -2.29. The molecule has 0 aromatic carbocycles. The van der Waals surface area contributed by atoms with Crippen molar-refractivity contribution in [2.45, 2.75) is 25.3 Å². The lowest BCUT2D eigenvalue weighted by molar-refractivity contribution is 0.317. The molecule has 10 heteroatoms. The number of anilines is 1. The molecule has 9 nitrogen and oxygen atoms in total. The molecule has 0 spiro atoms. The van der Waals surface area contributed by atoms with Gasteiger partial charge < -0.3 is 5.32 Å². The summed E-state index contributed by atoms with van der Waals surface area (Å²) in [6.07, 6.45) is 8.31. The minimum absolute atomic E-state index is 0.0601. The number of nitrogens with one attached hydrogen (secondary N) is 1. The average molecular weight is 387 g/mol. The summed E-state index contributed by atoms with van der Waals surface area (Å²) in [5.74, 6) is 0.922. The summed E-state index contributed by atoms with van der Waals surface area (Å²) in [5.41, 5.74) is 2.83. The monoisotopic (exact) mass is 387 g/mol. The van der Waals surface area contributed by atoms with Gasteiger partial charge in [0.2, 0.25) is 10.0 Å². The lowest BCUT2D eigenvalue weighted by atomic mass is 9.97. The highest BCUT2D eigenvalue weighted by atomic mass is 32.2. The SMILES string of the molecule is CS(=O)(=O)N1CCC(C(CC#N)n2cc(-c3ncnc4c3CCN4)cn2)C1. The summed E-state index contributed by atoms with van der Waals surface area (Å²) < 4.78 is 26.9. The van der Waals surface area contributed by atoms with Crippen LogP contribution in [0.3, 0.4) is 0 Å². The normalized spacial score (nSPS) is 20.8. The molecule has 0 aliphatic carbocycles. The third-order valence-corrected chi connectivity index (χ3v) is 6.60. The highest BCUT2D eigenvalue weighted by Crippen LogP contribution is 2.34. The number of hydrogen-bond donors (Lipinski definition) is 1. The van der Waals surface area contributed by atoms with Gasteiger partial charge in [-0.3, -0.25) is 4.68 Å². The van der Waals surface area contributed by atoms with E-state index < -0.39 is 10.0 Å². The number of fused-ring (bicyclic) bond motifs is 1. The molecule has 0 radical (unpaired) electrons. The second-order valence-corrected chi connectivity index (χ2v) is 9.02. The van der Waals surface area contributed by atoms with Gasteiger partial charge in [-0.1, -0.05) is 0 Å². The Morgan fingerprint density at radius 2 is 2.30 bits per heavy atom. The smallest absolute Gasteiger partial charge is 0.211 e. The van der Waals surface area contributed by atoms with Crippen LogP contribution in [0.1, 0.15) is 24.4 Å². The van der Waals surface area contributed by atoms with Crippen molar-refractivity contribution in [3.63, 3.8) is 0 Å². The summed E-state index contributed by atoms with van der Waals surface area (Å²) >= 11 is 0. The second-order valence-electron chi connectivity index (χ2n) is 7.03. The van der Waals surface area contributed by atoms with Crippen molar-refractivity contribution in [2.75, 3.05) is 31.2 Å². The van der Waals surface area contributed by atoms with Gasteiger partial charge in [0, 0.05) is 37.0 Å². The number of nitrogens with zero attached hydrogens (tertiary/aromatic N) is 6. The van der Waals surface area contributed by atoms with Crippen molar-refractivity contribution in [3.05, 3.63) is 24.3 Å². The molecule has 1 saturated heterocycles. The van der Waals surface area contributed by atoms with Crippen molar-refractivity contribution in [3.8, 4) is 17.3 Å². The quantitative estimate of drug-likeness (QED) is 0.815. The lowest BCUT2D eigenvalue weighted by Gasteiger charge is -2.22. The number of rotatable bonds is 5. The average Bonchev–Trinajstić information content (AvgIpc) is 3.38. The molecule has 2 unspecified atom stereocenters. The van der Waals surface area contributed by atoms with Crippen LogP contribution < -0.4 is 5.32 Å². The molecular formula is C17H21N7O2S. The molecule has 1 fully saturated rings. The maximum atomic E-state index is 11.8. The molecule has 2 aliphatic rings. The Bertz CT molecular complexity index is 995. The Balaban J connectivity index is 1.61. The molecule has 0 amide bonds. The van der Waals surface area contributed by atoms with Crippen LogP contribution in [0.25, 0.3) is 11.3 Å². The molecule has 0 saturated carbocycles. The zero-order chi connectivity index (χ0) is 19.0. The van der Waals surface area contributed by atoms with Gasteiger partial charge in [0.1, 0.15) is 12.1 Å². The van der Waals surface area contributed by atoms with Crippen LogP contribution in [0, 0.1) is 17.2 Å². The first-order valence-electron chi connectivity index (χ1n) is 8.91. The van der Waals surface area contributed by atoms with Gasteiger partial charge in [-0.2, -0.15) is 10.4 Å².